The summed E-state index contributed by atoms with van der Waals surface area (Å²) in [5.41, 5.74) is 11.6. The van der Waals surface area contributed by atoms with Crippen molar-refractivity contribution >= 4 is 6.08 Å². The third kappa shape index (κ3) is 4.18. The fraction of sp³-hybridized carbons (Fsp3) is 0.280. The molecular weight excluding hydrogens is 462 g/mol. The van der Waals surface area contributed by atoms with Crippen LogP contribution in [0.5, 0.6) is 0 Å². The molecule has 0 aliphatic heterocycles. The van der Waals surface area contributed by atoms with Crippen molar-refractivity contribution in [1.82, 2.24) is 0 Å². The minimum Gasteiger partial charge on any atom is -1.00 e. The van der Waals surface area contributed by atoms with Crippen molar-refractivity contribution < 1.29 is 51.0 Å². The second-order valence-corrected chi connectivity index (χ2v) is 7.84. The van der Waals surface area contributed by atoms with Gasteiger partial charge in [-0.1, -0.05) is 85.7 Å². The normalized spacial score (nSPS) is 13.9. The van der Waals surface area contributed by atoms with Gasteiger partial charge in [0.2, 0.25) is 0 Å². The Morgan fingerprint density at radius 3 is 2.36 bits per heavy atom. The smallest absolute Gasteiger partial charge is 1.00 e. The van der Waals surface area contributed by atoms with Crippen molar-refractivity contribution in [2.75, 3.05) is 0 Å². The molecule has 0 N–H and O–H groups in total. The Balaban J connectivity index is 0.00000131. The molecule has 0 unspecified atom stereocenters. The zero-order valence-electron chi connectivity index (χ0n) is 16.9. The molecule has 4 rings (SSSR count). The molecule has 0 aromatic heterocycles. The molecule has 0 fully saturated rings. The summed E-state index contributed by atoms with van der Waals surface area (Å²) < 4.78 is 0. The molecule has 0 spiro atoms. The molecule has 2 aromatic rings. The van der Waals surface area contributed by atoms with E-state index in [4.69, 9.17) is 0 Å². The molecule has 0 saturated heterocycles. The van der Waals surface area contributed by atoms with Gasteiger partial charge in [0.05, 0.1) is 0 Å². The van der Waals surface area contributed by atoms with Gasteiger partial charge in [-0.3, -0.25) is 0 Å². The van der Waals surface area contributed by atoms with E-state index in [-0.39, 0.29) is 56.4 Å². The number of aryl methyl sites for hydroxylation is 1. The van der Waals surface area contributed by atoms with Crippen molar-refractivity contribution in [2.24, 2.45) is 0 Å². The topological polar surface area (TPSA) is 0 Å². The van der Waals surface area contributed by atoms with Crippen LogP contribution in [0.3, 0.4) is 0 Å². The predicted molar refractivity (Wildman–Crippen MR) is 109 cm³/mol. The van der Waals surface area contributed by atoms with Gasteiger partial charge in [-0.2, -0.15) is 0 Å². The number of benzene rings is 2. The second-order valence-electron chi connectivity index (χ2n) is 7.84. The van der Waals surface area contributed by atoms with Crippen molar-refractivity contribution in [3.05, 3.63) is 88.0 Å². The third-order valence-electron chi connectivity index (χ3n) is 5.81. The summed E-state index contributed by atoms with van der Waals surface area (Å²) in [7, 11) is 0. The van der Waals surface area contributed by atoms with Crippen LogP contribution in [0.1, 0.15) is 55.0 Å². The molecule has 2 aromatic carbocycles. The maximum Gasteiger partial charge on any atom is 2.00 e. The summed E-state index contributed by atoms with van der Waals surface area (Å²) in [5, 5.41) is 0. The van der Waals surface area contributed by atoms with E-state index in [2.05, 4.69) is 88.4 Å². The van der Waals surface area contributed by atoms with Gasteiger partial charge >= 0.3 is 26.2 Å². The van der Waals surface area contributed by atoms with Gasteiger partial charge in [0.15, 0.2) is 0 Å². The number of halogens is 2. The molecule has 3 heteroatoms. The number of allylic oxidation sites excluding steroid dienone is 5. The average molecular weight is 489 g/mol. The minimum absolute atomic E-state index is 0. The molecule has 0 bridgehead atoms. The largest absolute Gasteiger partial charge is 2.00 e. The molecule has 28 heavy (non-hydrogen) atoms. The number of rotatable bonds is 3. The first kappa shape index (κ1) is 25.2. The number of hydrogen-bond donors (Lipinski definition) is 0. The van der Waals surface area contributed by atoms with Gasteiger partial charge in [-0.05, 0) is 60.1 Å². The third-order valence-corrected chi connectivity index (χ3v) is 5.81. The maximum absolute atomic E-state index is 2.39. The predicted octanol–water partition coefficient (Wildman–Crippen LogP) is 0.769. The van der Waals surface area contributed by atoms with E-state index in [1.807, 2.05) is 0 Å². The Morgan fingerprint density at radius 2 is 1.71 bits per heavy atom. The van der Waals surface area contributed by atoms with E-state index in [1.165, 1.54) is 44.5 Å². The number of hydrogen-bond acceptors (Lipinski definition) is 0. The Hall–Kier alpha value is -0.877. The van der Waals surface area contributed by atoms with Crippen LogP contribution in [0.4, 0.5) is 0 Å². The fourth-order valence-corrected chi connectivity index (χ4v) is 4.55. The van der Waals surface area contributed by atoms with Crippen molar-refractivity contribution in [3.8, 4) is 11.1 Å². The molecule has 0 saturated carbocycles. The molecule has 0 amide bonds. The van der Waals surface area contributed by atoms with Gasteiger partial charge in [0.1, 0.15) is 0 Å². The van der Waals surface area contributed by atoms with Gasteiger partial charge in [-0.25, -0.2) is 0 Å². The van der Waals surface area contributed by atoms with E-state index in [0.29, 0.717) is 0 Å². The molecular formula is C25H26Cl2Zr. The zero-order valence-corrected chi connectivity index (χ0v) is 20.9. The van der Waals surface area contributed by atoms with Crippen molar-refractivity contribution in [2.45, 2.75) is 46.0 Å². The molecule has 0 heterocycles. The van der Waals surface area contributed by atoms with E-state index in [0.717, 1.165) is 12.8 Å². The average Bonchev–Trinajstić information content (AvgIpc) is 3.22. The monoisotopic (exact) mass is 486 g/mol. The first-order valence-corrected chi connectivity index (χ1v) is 9.27. The van der Waals surface area contributed by atoms with Crippen LogP contribution >= 0.6 is 0 Å². The number of fused-ring (bicyclic) bond motifs is 3. The quantitative estimate of drug-likeness (QED) is 0.511. The van der Waals surface area contributed by atoms with E-state index in [9.17, 15) is 0 Å². The zero-order chi connectivity index (χ0) is 17.6. The summed E-state index contributed by atoms with van der Waals surface area (Å²) in [6, 6.07) is 11.5. The summed E-state index contributed by atoms with van der Waals surface area (Å²) in [6.45, 7) is 9.08. The molecule has 144 valence electrons. The van der Waals surface area contributed by atoms with E-state index < -0.39 is 0 Å². The first-order chi connectivity index (χ1) is 12.0. The summed E-state index contributed by atoms with van der Waals surface area (Å²) in [4.78, 5) is 0. The van der Waals surface area contributed by atoms with Crippen LogP contribution in [0.15, 0.2) is 60.2 Å². The van der Waals surface area contributed by atoms with Crippen LogP contribution in [0.2, 0.25) is 0 Å². The molecule has 0 nitrogen and oxygen atoms in total. The van der Waals surface area contributed by atoms with Crippen LogP contribution in [0.25, 0.3) is 17.2 Å². The summed E-state index contributed by atoms with van der Waals surface area (Å²) >= 11 is 0. The summed E-state index contributed by atoms with van der Waals surface area (Å²) in [6.07, 6.45) is 13.3. The fourth-order valence-electron chi connectivity index (χ4n) is 4.55. The van der Waals surface area contributed by atoms with Crippen LogP contribution < -0.4 is 24.8 Å². The molecule has 2 aliphatic rings. The Kier molecular flexibility index (Phi) is 8.76. The summed E-state index contributed by atoms with van der Waals surface area (Å²) in [5.74, 6) is 0. The van der Waals surface area contributed by atoms with E-state index >= 15 is 0 Å². The van der Waals surface area contributed by atoms with Crippen molar-refractivity contribution in [3.63, 3.8) is 0 Å². The Labute approximate surface area is 201 Å². The Bertz CT molecular complexity index is 949. The standard InChI is InChI=1S/C25H26.2ClH.Zr/c1-5-8-18-12-14-22-21-13-11-17(2)15-19(21)16-23(22)24(18)25(3,4)20-9-6-7-10-20;;;/h5-9,11-15H,10,16H2,1-4H3;2*1H;/q;;;+2/p-2. The van der Waals surface area contributed by atoms with Gasteiger partial charge in [0, 0.05) is 5.41 Å². The second kappa shape index (κ2) is 9.75. The first-order valence-electron chi connectivity index (χ1n) is 9.27. The van der Waals surface area contributed by atoms with Crippen LogP contribution in [-0.2, 0) is 38.0 Å². The van der Waals surface area contributed by atoms with Gasteiger partial charge in [-0.15, -0.1) is 0 Å². The van der Waals surface area contributed by atoms with Crippen molar-refractivity contribution in [1.29, 1.82) is 0 Å². The molecule has 0 radical (unpaired) electrons. The van der Waals surface area contributed by atoms with Crippen LogP contribution in [0, 0.1) is 6.92 Å². The Morgan fingerprint density at radius 1 is 1.00 bits per heavy atom. The SMILES string of the molecule is CC=Cc1ccc2c(c1C(C)(C)C1=CC=CC1)Cc1cc(C)ccc1-2.[Cl-].[Cl-].[Zr+2]. The molecule has 0 atom stereocenters. The minimum atomic E-state index is 0. The van der Waals surface area contributed by atoms with Gasteiger partial charge < -0.3 is 24.8 Å². The van der Waals surface area contributed by atoms with E-state index in [1.54, 1.807) is 0 Å². The maximum atomic E-state index is 2.39. The molecule has 2 aliphatic carbocycles. The van der Waals surface area contributed by atoms with Crippen LogP contribution in [-0.4, -0.2) is 0 Å². The van der Waals surface area contributed by atoms with Gasteiger partial charge in [0.25, 0.3) is 0 Å².